The molecule has 2 aliphatic rings. The minimum Gasteiger partial charge on any atom is -0.381 e. The van der Waals surface area contributed by atoms with Gasteiger partial charge >= 0.3 is 0 Å². The molecule has 3 heterocycles. The molecule has 0 radical (unpaired) electrons. The number of nitrogens with one attached hydrogen (secondary N) is 3. The highest BCUT2D eigenvalue weighted by Gasteiger charge is 2.30. The van der Waals surface area contributed by atoms with E-state index in [9.17, 15) is 4.79 Å². The molecule has 1 aromatic carbocycles. The van der Waals surface area contributed by atoms with Gasteiger partial charge in [-0.1, -0.05) is 19.1 Å². The first-order valence-corrected chi connectivity index (χ1v) is 14.6. The van der Waals surface area contributed by atoms with Crippen molar-refractivity contribution in [2.75, 3.05) is 19.8 Å². The molecule has 9 nitrogen and oxygen atoms in total. The Morgan fingerprint density at radius 2 is 1.54 bits per heavy atom. The Bertz CT molecular complexity index is 1070. The summed E-state index contributed by atoms with van der Waals surface area (Å²) in [5.74, 6) is 1.45. The van der Waals surface area contributed by atoms with Crippen molar-refractivity contribution in [3.63, 3.8) is 0 Å². The van der Waals surface area contributed by atoms with Gasteiger partial charge in [0.1, 0.15) is 11.6 Å². The lowest BCUT2D eigenvalue weighted by molar-refractivity contribution is 0.00723. The number of amides is 1. The number of aromatic amines is 2. The molecule has 3 N–H and O–H groups in total. The van der Waals surface area contributed by atoms with Crippen molar-refractivity contribution >= 4 is 5.91 Å². The molecular formula is C30H43N7O2. The number of H-pyrrole nitrogens is 2. The van der Waals surface area contributed by atoms with E-state index in [2.05, 4.69) is 49.2 Å². The van der Waals surface area contributed by atoms with Crippen LogP contribution in [0.5, 0.6) is 0 Å². The van der Waals surface area contributed by atoms with Crippen LogP contribution in [0.15, 0.2) is 49.1 Å². The van der Waals surface area contributed by atoms with E-state index in [0.717, 1.165) is 31.4 Å². The molecule has 1 aliphatic carbocycles. The standard InChI is InChI=1S/C30H43N7O2/c1-2-17-37(27-11-18-39-19-12-27)26-9-7-25(8-10-26)35-20-23-3-5-24(6-4-23)30(38)36(21-28-31-13-14-32-28)22-29-33-15-16-34-29/h3-6,13-16,25-27,35H,2,7-12,17-22H2,1H3,(H,31,32)(H,33,34)/t25-,26-. The highest BCUT2D eigenvalue weighted by Crippen LogP contribution is 2.28. The Morgan fingerprint density at radius 1 is 0.923 bits per heavy atom. The van der Waals surface area contributed by atoms with Gasteiger partial charge in [-0.15, -0.1) is 0 Å². The van der Waals surface area contributed by atoms with Crippen LogP contribution in [0.25, 0.3) is 0 Å². The highest BCUT2D eigenvalue weighted by atomic mass is 16.5. The molecule has 1 saturated heterocycles. The lowest BCUT2D eigenvalue weighted by Gasteiger charge is -2.43. The van der Waals surface area contributed by atoms with Gasteiger partial charge in [0.2, 0.25) is 0 Å². The Balaban J connectivity index is 1.12. The summed E-state index contributed by atoms with van der Waals surface area (Å²) >= 11 is 0. The number of benzene rings is 1. The summed E-state index contributed by atoms with van der Waals surface area (Å²) < 4.78 is 5.62. The van der Waals surface area contributed by atoms with Gasteiger partial charge in [-0.2, -0.15) is 0 Å². The van der Waals surface area contributed by atoms with Crippen molar-refractivity contribution in [3.8, 4) is 0 Å². The fraction of sp³-hybridized carbons (Fsp3) is 0.567. The van der Waals surface area contributed by atoms with Crippen LogP contribution in [0.3, 0.4) is 0 Å². The van der Waals surface area contributed by atoms with E-state index in [4.69, 9.17) is 4.74 Å². The van der Waals surface area contributed by atoms with E-state index in [0.29, 0.717) is 36.8 Å². The average Bonchev–Trinajstić information content (AvgIpc) is 3.70. The Kier molecular flexibility index (Phi) is 9.80. The van der Waals surface area contributed by atoms with Crippen LogP contribution >= 0.6 is 0 Å². The number of aromatic nitrogens is 4. The maximum atomic E-state index is 13.4. The number of rotatable bonds is 12. The van der Waals surface area contributed by atoms with Crippen LogP contribution in [0.4, 0.5) is 0 Å². The van der Waals surface area contributed by atoms with E-state index in [1.807, 2.05) is 12.1 Å². The summed E-state index contributed by atoms with van der Waals surface area (Å²) in [6.45, 7) is 6.94. The number of nitrogens with zero attached hydrogens (tertiary/aromatic N) is 4. The molecular weight excluding hydrogens is 490 g/mol. The van der Waals surface area contributed by atoms with Gasteiger partial charge in [0.15, 0.2) is 0 Å². The molecule has 0 atom stereocenters. The summed E-state index contributed by atoms with van der Waals surface area (Å²) in [6, 6.07) is 9.97. The van der Waals surface area contributed by atoms with Crippen LogP contribution in [-0.2, 0) is 24.4 Å². The van der Waals surface area contributed by atoms with Gasteiger partial charge in [0, 0.05) is 68.2 Å². The lowest BCUT2D eigenvalue weighted by atomic mass is 9.88. The molecule has 0 bridgehead atoms. The van der Waals surface area contributed by atoms with Gasteiger partial charge in [0.05, 0.1) is 13.1 Å². The maximum absolute atomic E-state index is 13.4. The van der Waals surface area contributed by atoms with Gasteiger partial charge < -0.3 is 24.9 Å². The number of ether oxygens (including phenoxy) is 1. The van der Waals surface area contributed by atoms with Crippen molar-refractivity contribution in [3.05, 3.63) is 71.8 Å². The minimum absolute atomic E-state index is 0.0400. The Hall–Kier alpha value is -3.01. The molecule has 210 valence electrons. The second kappa shape index (κ2) is 13.9. The van der Waals surface area contributed by atoms with Crippen molar-refractivity contribution in [2.24, 2.45) is 0 Å². The third-order valence-electron chi connectivity index (χ3n) is 8.18. The predicted molar refractivity (Wildman–Crippen MR) is 151 cm³/mol. The summed E-state index contributed by atoms with van der Waals surface area (Å²) in [7, 11) is 0. The zero-order valence-electron chi connectivity index (χ0n) is 23.1. The monoisotopic (exact) mass is 533 g/mol. The fourth-order valence-electron chi connectivity index (χ4n) is 6.09. The van der Waals surface area contributed by atoms with Gasteiger partial charge in [-0.3, -0.25) is 9.69 Å². The van der Waals surface area contributed by atoms with Crippen molar-refractivity contribution in [1.82, 2.24) is 35.1 Å². The lowest BCUT2D eigenvalue weighted by Crippen LogP contribution is -2.49. The first-order chi connectivity index (χ1) is 19.2. The number of hydrogen-bond acceptors (Lipinski definition) is 6. The molecule has 39 heavy (non-hydrogen) atoms. The zero-order chi connectivity index (χ0) is 26.9. The first-order valence-electron chi connectivity index (χ1n) is 14.6. The average molecular weight is 534 g/mol. The largest absolute Gasteiger partial charge is 0.381 e. The zero-order valence-corrected chi connectivity index (χ0v) is 23.1. The molecule has 2 fully saturated rings. The highest BCUT2D eigenvalue weighted by molar-refractivity contribution is 5.94. The van der Waals surface area contributed by atoms with E-state index in [1.54, 1.807) is 29.7 Å². The van der Waals surface area contributed by atoms with Crippen LogP contribution in [0, 0.1) is 0 Å². The summed E-state index contributed by atoms with van der Waals surface area (Å²) in [6.07, 6.45) is 15.5. The predicted octanol–water partition coefficient (Wildman–Crippen LogP) is 4.27. The Morgan fingerprint density at radius 3 is 2.10 bits per heavy atom. The molecule has 1 aliphatic heterocycles. The van der Waals surface area contributed by atoms with Crippen LogP contribution in [0.2, 0.25) is 0 Å². The maximum Gasteiger partial charge on any atom is 0.254 e. The van der Waals surface area contributed by atoms with Crippen LogP contribution in [-0.4, -0.2) is 73.5 Å². The summed E-state index contributed by atoms with van der Waals surface area (Å²) in [5.41, 5.74) is 1.87. The van der Waals surface area contributed by atoms with E-state index >= 15 is 0 Å². The number of carbonyl (C=O) groups is 1. The molecule has 9 heteroatoms. The fourth-order valence-corrected chi connectivity index (χ4v) is 6.09. The Labute approximate surface area is 231 Å². The normalized spacial score (nSPS) is 20.4. The number of hydrogen-bond donors (Lipinski definition) is 3. The quantitative estimate of drug-likeness (QED) is 0.321. The molecule has 2 aromatic heterocycles. The third-order valence-corrected chi connectivity index (χ3v) is 8.18. The minimum atomic E-state index is -0.0400. The molecule has 1 amide bonds. The van der Waals surface area contributed by atoms with Crippen molar-refractivity contribution in [2.45, 2.75) is 89.6 Å². The molecule has 3 aromatic rings. The molecule has 5 rings (SSSR count). The number of imidazole rings is 2. The molecule has 0 unspecified atom stereocenters. The molecule has 1 saturated carbocycles. The molecule has 0 spiro atoms. The number of carbonyl (C=O) groups excluding carboxylic acids is 1. The first kappa shape index (κ1) is 27.6. The topological polar surface area (TPSA) is 102 Å². The van der Waals surface area contributed by atoms with E-state index in [-0.39, 0.29) is 5.91 Å². The van der Waals surface area contributed by atoms with Crippen LogP contribution in [0.1, 0.15) is 79.4 Å². The van der Waals surface area contributed by atoms with Crippen molar-refractivity contribution in [1.29, 1.82) is 0 Å². The summed E-state index contributed by atoms with van der Waals surface area (Å²) in [5, 5.41) is 3.78. The van der Waals surface area contributed by atoms with Crippen molar-refractivity contribution < 1.29 is 9.53 Å². The van der Waals surface area contributed by atoms with Gasteiger partial charge in [-0.05, 0) is 69.2 Å². The second-order valence-corrected chi connectivity index (χ2v) is 10.9. The summed E-state index contributed by atoms with van der Waals surface area (Å²) in [4.78, 5) is 32.7. The smallest absolute Gasteiger partial charge is 0.254 e. The van der Waals surface area contributed by atoms with Gasteiger partial charge in [-0.25, -0.2) is 9.97 Å². The second-order valence-electron chi connectivity index (χ2n) is 10.9. The third kappa shape index (κ3) is 7.56. The van der Waals surface area contributed by atoms with E-state index in [1.165, 1.54) is 57.1 Å². The van der Waals surface area contributed by atoms with E-state index < -0.39 is 0 Å². The SMILES string of the molecule is CCCN(C1CCOCC1)[C@H]1CC[C@H](NCc2ccc(C(=O)N(Cc3ncc[nH]3)Cc3ncc[nH]3)cc2)CC1. The van der Waals surface area contributed by atoms with Gasteiger partial charge in [0.25, 0.3) is 5.91 Å². The van der Waals surface area contributed by atoms with Crippen LogP contribution < -0.4 is 5.32 Å².